The number of nitrogens with one attached hydrogen (secondary N) is 1. The van der Waals surface area contributed by atoms with Crippen molar-refractivity contribution >= 4 is 18.0 Å². The van der Waals surface area contributed by atoms with E-state index >= 15 is 0 Å². The lowest BCUT2D eigenvalue weighted by Crippen LogP contribution is -2.43. The zero-order chi connectivity index (χ0) is 17.7. The third-order valence-electron chi connectivity index (χ3n) is 4.03. The summed E-state index contributed by atoms with van der Waals surface area (Å²) >= 11 is 0. The van der Waals surface area contributed by atoms with Gasteiger partial charge in [0.2, 0.25) is 0 Å². The Kier molecular flexibility index (Phi) is 5.75. The minimum absolute atomic E-state index is 0.0387. The van der Waals surface area contributed by atoms with Gasteiger partial charge in [-0.25, -0.2) is 9.59 Å². The van der Waals surface area contributed by atoms with Gasteiger partial charge in [-0.2, -0.15) is 0 Å². The molecule has 1 saturated carbocycles. The average molecular weight is 336 g/mol. The Balaban J connectivity index is 1.82. The zero-order valence-corrected chi connectivity index (χ0v) is 12.9. The summed E-state index contributed by atoms with van der Waals surface area (Å²) in [6.07, 6.45) is -0.124. The molecule has 1 aromatic rings. The number of hydrogen-bond donors (Lipinski definition) is 4. The third-order valence-corrected chi connectivity index (χ3v) is 4.03. The van der Waals surface area contributed by atoms with Crippen molar-refractivity contribution in [2.45, 2.75) is 31.5 Å². The zero-order valence-electron chi connectivity index (χ0n) is 12.9. The summed E-state index contributed by atoms with van der Waals surface area (Å²) in [5.41, 5.74) is 6.24. The number of carbonyl (C=O) groups excluding carboxylic acids is 1. The maximum Gasteiger partial charge on any atom is 0.408 e. The number of alkyl carbamates (subject to hydrolysis) is 1. The fraction of sp³-hybridized carbons (Fsp3) is 0.438. The van der Waals surface area contributed by atoms with Crippen LogP contribution in [0.1, 0.15) is 18.4 Å². The van der Waals surface area contributed by atoms with Crippen LogP contribution in [0, 0.1) is 11.8 Å². The number of nitrogens with two attached hydrogens (primary N) is 1. The first-order valence-corrected chi connectivity index (χ1v) is 7.57. The molecular weight excluding hydrogens is 316 g/mol. The van der Waals surface area contributed by atoms with E-state index < -0.39 is 30.1 Å². The van der Waals surface area contributed by atoms with Crippen LogP contribution in [0.3, 0.4) is 0 Å². The number of carbonyl (C=O) groups is 3. The quantitative estimate of drug-likeness (QED) is 0.550. The summed E-state index contributed by atoms with van der Waals surface area (Å²) in [7, 11) is 0. The SMILES string of the molecule is N[C@@H](C[C@@H]1C[C@H]1[C@H](NC(=O)OCc1ccccc1)C(=O)O)C(=O)O. The molecular formula is C16H20N2O6. The molecule has 1 aliphatic rings. The number of aliphatic carboxylic acids is 2. The Hall–Kier alpha value is -2.61. The molecule has 2 rings (SSSR count). The first-order chi connectivity index (χ1) is 11.4. The van der Waals surface area contributed by atoms with Gasteiger partial charge in [0.1, 0.15) is 18.7 Å². The van der Waals surface area contributed by atoms with E-state index in [0.29, 0.717) is 6.42 Å². The monoisotopic (exact) mass is 336 g/mol. The van der Waals surface area contributed by atoms with Gasteiger partial charge in [0.05, 0.1) is 0 Å². The second-order valence-electron chi connectivity index (χ2n) is 5.86. The molecule has 0 radical (unpaired) electrons. The average Bonchev–Trinajstić information content (AvgIpc) is 3.30. The first kappa shape index (κ1) is 17.7. The van der Waals surface area contributed by atoms with E-state index in [9.17, 15) is 19.5 Å². The van der Waals surface area contributed by atoms with Gasteiger partial charge in [0, 0.05) is 0 Å². The molecule has 5 N–H and O–H groups in total. The highest BCUT2D eigenvalue weighted by molar-refractivity contribution is 5.80. The van der Waals surface area contributed by atoms with Crippen LogP contribution in [-0.4, -0.2) is 40.3 Å². The minimum atomic E-state index is -1.18. The molecule has 0 spiro atoms. The van der Waals surface area contributed by atoms with Gasteiger partial charge in [0.25, 0.3) is 0 Å². The molecule has 0 unspecified atom stereocenters. The Morgan fingerprint density at radius 1 is 1.21 bits per heavy atom. The maximum atomic E-state index is 11.8. The topological polar surface area (TPSA) is 139 Å². The number of carboxylic acid groups (broad SMARTS) is 2. The number of rotatable bonds is 8. The van der Waals surface area contributed by atoms with E-state index in [4.69, 9.17) is 15.6 Å². The largest absolute Gasteiger partial charge is 0.480 e. The van der Waals surface area contributed by atoms with E-state index in [1.165, 1.54) is 0 Å². The predicted molar refractivity (Wildman–Crippen MR) is 83.0 cm³/mol. The van der Waals surface area contributed by atoms with Gasteiger partial charge in [0.15, 0.2) is 0 Å². The Morgan fingerprint density at radius 3 is 2.46 bits per heavy atom. The van der Waals surface area contributed by atoms with Gasteiger partial charge in [-0.05, 0) is 30.2 Å². The molecule has 0 aliphatic heterocycles. The van der Waals surface area contributed by atoms with Crippen LogP contribution in [0.4, 0.5) is 4.79 Å². The lowest BCUT2D eigenvalue weighted by molar-refractivity contribution is -0.140. The Morgan fingerprint density at radius 2 is 1.88 bits per heavy atom. The molecule has 130 valence electrons. The number of benzene rings is 1. The van der Waals surface area contributed by atoms with Crippen molar-refractivity contribution in [2.24, 2.45) is 17.6 Å². The molecule has 8 heteroatoms. The molecule has 1 aliphatic carbocycles. The summed E-state index contributed by atoms with van der Waals surface area (Å²) in [4.78, 5) is 33.9. The third kappa shape index (κ3) is 4.95. The van der Waals surface area contributed by atoms with Crippen LogP contribution in [-0.2, 0) is 20.9 Å². The van der Waals surface area contributed by atoms with Crippen molar-refractivity contribution < 1.29 is 29.3 Å². The van der Waals surface area contributed by atoms with Crippen molar-refractivity contribution in [2.75, 3.05) is 0 Å². The highest BCUT2D eigenvalue weighted by atomic mass is 16.5. The van der Waals surface area contributed by atoms with E-state index in [1.54, 1.807) is 24.3 Å². The number of carboxylic acids is 2. The van der Waals surface area contributed by atoms with Crippen molar-refractivity contribution in [3.63, 3.8) is 0 Å². The Labute approximate surface area is 138 Å². The van der Waals surface area contributed by atoms with Crippen LogP contribution in [0.15, 0.2) is 30.3 Å². The predicted octanol–water partition coefficient (Wildman–Crippen LogP) is 0.804. The van der Waals surface area contributed by atoms with Crippen LogP contribution in [0.5, 0.6) is 0 Å². The van der Waals surface area contributed by atoms with Crippen LogP contribution in [0.25, 0.3) is 0 Å². The van der Waals surface area contributed by atoms with Crippen molar-refractivity contribution in [3.8, 4) is 0 Å². The number of amides is 1. The highest BCUT2D eigenvalue weighted by Gasteiger charge is 2.48. The van der Waals surface area contributed by atoms with Crippen molar-refractivity contribution in [3.05, 3.63) is 35.9 Å². The lowest BCUT2D eigenvalue weighted by Gasteiger charge is -2.15. The van der Waals surface area contributed by atoms with Gasteiger partial charge in [-0.3, -0.25) is 4.79 Å². The van der Waals surface area contributed by atoms with Gasteiger partial charge in [-0.15, -0.1) is 0 Å². The molecule has 0 bridgehead atoms. The summed E-state index contributed by atoms with van der Waals surface area (Å²) < 4.78 is 5.01. The number of ether oxygens (including phenoxy) is 1. The molecule has 1 amide bonds. The minimum Gasteiger partial charge on any atom is -0.480 e. The molecule has 4 atom stereocenters. The highest BCUT2D eigenvalue weighted by Crippen LogP contribution is 2.44. The smallest absolute Gasteiger partial charge is 0.408 e. The maximum absolute atomic E-state index is 11.8. The van der Waals surface area contributed by atoms with E-state index in [0.717, 1.165) is 5.56 Å². The molecule has 8 nitrogen and oxygen atoms in total. The summed E-state index contributed by atoms with van der Waals surface area (Å²) in [6.45, 7) is 0.0387. The van der Waals surface area contributed by atoms with Crippen molar-refractivity contribution in [1.82, 2.24) is 5.32 Å². The summed E-state index contributed by atoms with van der Waals surface area (Å²) in [6, 6.07) is 6.87. The fourth-order valence-corrected chi connectivity index (χ4v) is 2.62. The molecule has 0 aromatic heterocycles. The fourth-order valence-electron chi connectivity index (χ4n) is 2.62. The van der Waals surface area contributed by atoms with Crippen LogP contribution >= 0.6 is 0 Å². The van der Waals surface area contributed by atoms with Gasteiger partial charge < -0.3 is 26.0 Å². The van der Waals surface area contributed by atoms with E-state index in [2.05, 4.69) is 5.32 Å². The normalized spacial score (nSPS) is 21.4. The Bertz CT molecular complexity index is 606. The van der Waals surface area contributed by atoms with E-state index in [1.807, 2.05) is 6.07 Å². The number of hydrogen-bond acceptors (Lipinski definition) is 5. The standard InChI is InChI=1S/C16H20N2O6/c17-12(14(19)20)7-10-6-11(10)13(15(21)22)18-16(23)24-8-9-4-2-1-3-5-9/h1-5,10-13H,6-8,17H2,(H,18,23)(H,19,20)(H,21,22)/t10-,11+,12-,13-/m0/s1. The molecule has 24 heavy (non-hydrogen) atoms. The summed E-state index contributed by atoms with van der Waals surface area (Å²) in [5.74, 6) is -2.77. The van der Waals surface area contributed by atoms with E-state index in [-0.39, 0.29) is 24.9 Å². The molecule has 0 heterocycles. The second-order valence-corrected chi connectivity index (χ2v) is 5.86. The van der Waals surface area contributed by atoms with Crippen LogP contribution < -0.4 is 11.1 Å². The summed E-state index contributed by atoms with van der Waals surface area (Å²) in [5, 5.41) is 20.4. The first-order valence-electron chi connectivity index (χ1n) is 7.57. The lowest BCUT2D eigenvalue weighted by atomic mass is 10.1. The van der Waals surface area contributed by atoms with Gasteiger partial charge >= 0.3 is 18.0 Å². The molecule has 0 saturated heterocycles. The molecule has 1 aromatic carbocycles. The molecule has 1 fully saturated rings. The van der Waals surface area contributed by atoms with Crippen LogP contribution in [0.2, 0.25) is 0 Å². The second kappa shape index (κ2) is 7.78. The van der Waals surface area contributed by atoms with Crippen molar-refractivity contribution in [1.29, 1.82) is 0 Å². The van der Waals surface area contributed by atoms with Gasteiger partial charge in [-0.1, -0.05) is 30.3 Å².